The highest BCUT2D eigenvalue weighted by Gasteiger charge is 2.32. The summed E-state index contributed by atoms with van der Waals surface area (Å²) in [6.07, 6.45) is 6.44. The molecule has 3 unspecified atom stereocenters. The van der Waals surface area contributed by atoms with Crippen LogP contribution in [0.15, 0.2) is 0 Å². The molecule has 0 heterocycles. The van der Waals surface area contributed by atoms with Crippen LogP contribution in [-0.2, 0) is 9.84 Å². The maximum absolute atomic E-state index is 11.8. The third kappa shape index (κ3) is 6.25. The molecule has 1 rings (SSSR count). The van der Waals surface area contributed by atoms with Gasteiger partial charge in [-0.25, -0.2) is 8.42 Å². The van der Waals surface area contributed by atoms with E-state index < -0.39 is 9.84 Å². The first kappa shape index (κ1) is 18.9. The number of rotatable bonds is 9. The fraction of sp³-hybridized carbons (Fsp3) is 1.00. The Morgan fingerprint density at radius 1 is 1.19 bits per heavy atom. The number of hydrogen-bond acceptors (Lipinski definition) is 4. The molecule has 126 valence electrons. The minimum atomic E-state index is -2.89. The van der Waals surface area contributed by atoms with E-state index in [9.17, 15) is 8.42 Å². The van der Waals surface area contributed by atoms with Crippen LogP contribution < -0.4 is 5.32 Å². The summed E-state index contributed by atoms with van der Waals surface area (Å²) in [5.41, 5.74) is 0. The maximum Gasteiger partial charge on any atom is 0.150 e. The monoisotopic (exact) mass is 318 g/mol. The van der Waals surface area contributed by atoms with Gasteiger partial charge in [0, 0.05) is 12.3 Å². The number of sulfone groups is 1. The SMILES string of the molecule is CCNC(CCN(CC)CC)C1CCCC(S(C)(=O)=O)C1. The number of nitrogens with zero attached hydrogens (tertiary/aromatic N) is 1. The van der Waals surface area contributed by atoms with Gasteiger partial charge >= 0.3 is 0 Å². The Morgan fingerprint density at radius 3 is 2.38 bits per heavy atom. The first-order valence-electron chi connectivity index (χ1n) is 8.56. The Hall–Kier alpha value is -0.130. The average Bonchev–Trinajstić information content (AvgIpc) is 2.46. The lowest BCUT2D eigenvalue weighted by atomic mass is 9.82. The summed E-state index contributed by atoms with van der Waals surface area (Å²) in [6, 6.07) is 0.458. The van der Waals surface area contributed by atoms with Gasteiger partial charge in [-0.2, -0.15) is 0 Å². The summed E-state index contributed by atoms with van der Waals surface area (Å²) in [5.74, 6) is 0.508. The van der Waals surface area contributed by atoms with Gasteiger partial charge in [0.25, 0.3) is 0 Å². The molecule has 0 aromatic rings. The van der Waals surface area contributed by atoms with Gasteiger partial charge in [-0.15, -0.1) is 0 Å². The van der Waals surface area contributed by atoms with Crippen LogP contribution in [0.4, 0.5) is 0 Å². The van der Waals surface area contributed by atoms with E-state index in [0.29, 0.717) is 12.0 Å². The van der Waals surface area contributed by atoms with Crippen molar-refractivity contribution in [1.82, 2.24) is 10.2 Å². The van der Waals surface area contributed by atoms with Crippen molar-refractivity contribution < 1.29 is 8.42 Å². The first-order chi connectivity index (χ1) is 9.92. The van der Waals surface area contributed by atoms with Crippen LogP contribution in [-0.4, -0.2) is 57.0 Å². The molecule has 1 fully saturated rings. The van der Waals surface area contributed by atoms with Gasteiger partial charge in [0.1, 0.15) is 9.84 Å². The molecule has 0 aliphatic heterocycles. The van der Waals surface area contributed by atoms with Crippen LogP contribution in [0.25, 0.3) is 0 Å². The van der Waals surface area contributed by atoms with Crippen LogP contribution in [0, 0.1) is 5.92 Å². The summed E-state index contributed by atoms with van der Waals surface area (Å²) in [4.78, 5) is 2.45. The van der Waals surface area contributed by atoms with Gasteiger partial charge < -0.3 is 10.2 Å². The molecular formula is C16H34N2O2S. The Labute approximate surface area is 131 Å². The summed E-state index contributed by atoms with van der Waals surface area (Å²) >= 11 is 0. The first-order valence-corrected chi connectivity index (χ1v) is 10.5. The van der Waals surface area contributed by atoms with Gasteiger partial charge in [0.2, 0.25) is 0 Å². The molecule has 21 heavy (non-hydrogen) atoms. The van der Waals surface area contributed by atoms with Crippen molar-refractivity contribution in [1.29, 1.82) is 0 Å². The summed E-state index contributed by atoms with van der Waals surface area (Å²) < 4.78 is 23.7. The zero-order valence-corrected chi connectivity index (χ0v) is 15.1. The van der Waals surface area contributed by atoms with E-state index >= 15 is 0 Å². The second kappa shape index (κ2) is 9.11. The Kier molecular flexibility index (Phi) is 8.21. The molecule has 1 N–H and O–H groups in total. The lowest BCUT2D eigenvalue weighted by Crippen LogP contribution is -2.43. The normalized spacial score (nSPS) is 25.2. The third-order valence-corrected chi connectivity index (χ3v) is 6.60. The summed E-state index contributed by atoms with van der Waals surface area (Å²) in [5, 5.41) is 3.49. The molecule has 0 spiro atoms. The van der Waals surface area contributed by atoms with Crippen LogP contribution in [0.5, 0.6) is 0 Å². The van der Waals surface area contributed by atoms with Gasteiger partial charge in [0.05, 0.1) is 5.25 Å². The van der Waals surface area contributed by atoms with E-state index in [-0.39, 0.29) is 5.25 Å². The van der Waals surface area contributed by atoms with Crippen LogP contribution in [0.1, 0.15) is 52.9 Å². The smallest absolute Gasteiger partial charge is 0.150 e. The lowest BCUT2D eigenvalue weighted by molar-refractivity contribution is 0.223. The van der Waals surface area contributed by atoms with Crippen LogP contribution in [0.2, 0.25) is 0 Å². The molecule has 5 heteroatoms. The van der Waals surface area contributed by atoms with E-state index in [4.69, 9.17) is 0 Å². The molecule has 1 aliphatic rings. The molecule has 0 amide bonds. The van der Waals surface area contributed by atoms with Crippen molar-refractivity contribution in [2.24, 2.45) is 5.92 Å². The quantitative estimate of drug-likeness (QED) is 0.709. The molecule has 0 radical (unpaired) electrons. The molecule has 0 bridgehead atoms. The van der Waals surface area contributed by atoms with E-state index in [2.05, 4.69) is 31.0 Å². The fourth-order valence-electron chi connectivity index (χ4n) is 3.56. The van der Waals surface area contributed by atoms with Crippen molar-refractivity contribution >= 4 is 9.84 Å². The van der Waals surface area contributed by atoms with Gasteiger partial charge in [0.15, 0.2) is 0 Å². The highest BCUT2D eigenvalue weighted by molar-refractivity contribution is 7.91. The molecule has 0 aromatic carbocycles. The average molecular weight is 319 g/mol. The van der Waals surface area contributed by atoms with Gasteiger partial charge in [-0.05, 0) is 57.8 Å². The second-order valence-corrected chi connectivity index (χ2v) is 8.68. The summed E-state index contributed by atoms with van der Waals surface area (Å²) in [6.45, 7) is 10.8. The van der Waals surface area contributed by atoms with E-state index in [1.54, 1.807) is 0 Å². The van der Waals surface area contributed by atoms with Gasteiger partial charge in [-0.3, -0.25) is 0 Å². The second-order valence-electron chi connectivity index (χ2n) is 6.36. The number of nitrogens with one attached hydrogen (secondary N) is 1. The molecule has 1 aliphatic carbocycles. The molecular weight excluding hydrogens is 284 g/mol. The topological polar surface area (TPSA) is 49.4 Å². The Balaban J connectivity index is 2.62. The van der Waals surface area contributed by atoms with Crippen molar-refractivity contribution in [2.45, 2.75) is 64.2 Å². The number of hydrogen-bond donors (Lipinski definition) is 1. The predicted molar refractivity (Wildman–Crippen MR) is 90.5 cm³/mol. The van der Waals surface area contributed by atoms with Gasteiger partial charge in [-0.1, -0.05) is 27.2 Å². The molecule has 3 atom stereocenters. The molecule has 1 saturated carbocycles. The molecule has 0 aromatic heterocycles. The third-order valence-electron chi connectivity index (χ3n) is 4.96. The van der Waals surface area contributed by atoms with E-state index in [1.165, 1.54) is 12.7 Å². The Bertz CT molecular complexity index is 380. The van der Waals surface area contributed by atoms with E-state index in [1.807, 2.05) is 0 Å². The zero-order chi connectivity index (χ0) is 15.9. The van der Waals surface area contributed by atoms with Crippen molar-refractivity contribution in [3.63, 3.8) is 0 Å². The van der Waals surface area contributed by atoms with Crippen LogP contribution >= 0.6 is 0 Å². The Morgan fingerprint density at radius 2 is 1.86 bits per heavy atom. The molecule has 4 nitrogen and oxygen atoms in total. The highest BCUT2D eigenvalue weighted by atomic mass is 32.2. The van der Waals surface area contributed by atoms with Crippen molar-refractivity contribution in [3.8, 4) is 0 Å². The standard InChI is InChI=1S/C16H34N2O2S/c1-5-17-16(11-12-18(6-2)7-3)14-9-8-10-15(13-14)21(4,19)20/h14-17H,5-13H2,1-4H3. The predicted octanol–water partition coefficient (Wildman–Crippen LogP) is 2.30. The molecule has 0 saturated heterocycles. The largest absolute Gasteiger partial charge is 0.314 e. The zero-order valence-electron chi connectivity index (χ0n) is 14.3. The van der Waals surface area contributed by atoms with Crippen LogP contribution in [0.3, 0.4) is 0 Å². The maximum atomic E-state index is 11.8. The van der Waals surface area contributed by atoms with Crippen molar-refractivity contribution in [3.05, 3.63) is 0 Å². The fourth-order valence-corrected chi connectivity index (χ4v) is 4.76. The van der Waals surface area contributed by atoms with E-state index in [0.717, 1.165) is 51.9 Å². The highest BCUT2D eigenvalue weighted by Crippen LogP contribution is 2.31. The minimum absolute atomic E-state index is 0.120. The van der Waals surface area contributed by atoms with Crippen molar-refractivity contribution in [2.75, 3.05) is 32.4 Å². The minimum Gasteiger partial charge on any atom is -0.314 e. The lowest BCUT2D eigenvalue weighted by Gasteiger charge is -2.35. The summed E-state index contributed by atoms with van der Waals surface area (Å²) in [7, 11) is -2.89.